The standard InChI is InChI=1S/C16H19N3O3S/c17-15(21)13-14(11-6-3-9-23-11)19-22-16(13)18-12(20)8-7-10-4-1-2-5-10/h3,6,9-10H,1-2,4-5,7-8H2,(H2,17,21)(H,18,20). The summed E-state index contributed by atoms with van der Waals surface area (Å²) in [5.74, 6) is -0.167. The van der Waals surface area contributed by atoms with Crippen molar-refractivity contribution >= 4 is 29.0 Å². The first-order valence-corrected chi connectivity index (χ1v) is 8.66. The molecule has 23 heavy (non-hydrogen) atoms. The van der Waals surface area contributed by atoms with Crippen molar-refractivity contribution in [3.63, 3.8) is 0 Å². The molecule has 2 aromatic rings. The molecule has 0 atom stereocenters. The van der Waals surface area contributed by atoms with E-state index in [2.05, 4.69) is 10.5 Å². The lowest BCUT2D eigenvalue weighted by Gasteiger charge is -2.08. The van der Waals surface area contributed by atoms with Gasteiger partial charge in [0.05, 0.1) is 4.88 Å². The second-order valence-electron chi connectivity index (χ2n) is 5.81. The second kappa shape index (κ2) is 6.95. The number of carbonyl (C=O) groups excluding carboxylic acids is 2. The highest BCUT2D eigenvalue weighted by atomic mass is 32.1. The fourth-order valence-electron chi connectivity index (χ4n) is 3.01. The van der Waals surface area contributed by atoms with Gasteiger partial charge in [0.25, 0.3) is 5.91 Å². The van der Waals surface area contributed by atoms with Crippen molar-refractivity contribution in [2.45, 2.75) is 38.5 Å². The Morgan fingerprint density at radius 1 is 1.39 bits per heavy atom. The molecule has 0 unspecified atom stereocenters. The first-order chi connectivity index (χ1) is 11.1. The predicted molar refractivity (Wildman–Crippen MR) is 88.2 cm³/mol. The van der Waals surface area contributed by atoms with E-state index in [9.17, 15) is 9.59 Å². The SMILES string of the molecule is NC(=O)c1c(-c2cccs2)noc1NC(=O)CCC1CCCC1. The third-order valence-electron chi connectivity index (χ3n) is 4.20. The summed E-state index contributed by atoms with van der Waals surface area (Å²) in [4.78, 5) is 24.6. The number of hydrogen-bond donors (Lipinski definition) is 2. The molecule has 122 valence electrons. The molecule has 6 nitrogen and oxygen atoms in total. The Morgan fingerprint density at radius 2 is 2.17 bits per heavy atom. The number of anilines is 1. The largest absolute Gasteiger partial charge is 0.365 e. The van der Waals surface area contributed by atoms with Crippen LogP contribution in [0.4, 0.5) is 5.88 Å². The maximum absolute atomic E-state index is 12.1. The van der Waals surface area contributed by atoms with Crippen molar-refractivity contribution in [2.75, 3.05) is 5.32 Å². The normalized spacial score (nSPS) is 15.0. The molecule has 3 rings (SSSR count). The topological polar surface area (TPSA) is 98.2 Å². The fraction of sp³-hybridized carbons (Fsp3) is 0.438. The van der Waals surface area contributed by atoms with Gasteiger partial charge in [0.2, 0.25) is 11.8 Å². The summed E-state index contributed by atoms with van der Waals surface area (Å²) in [5.41, 5.74) is 5.93. The van der Waals surface area contributed by atoms with Crippen molar-refractivity contribution in [2.24, 2.45) is 11.7 Å². The molecule has 1 aliphatic carbocycles. The van der Waals surface area contributed by atoms with Crippen LogP contribution in [0.2, 0.25) is 0 Å². The second-order valence-corrected chi connectivity index (χ2v) is 6.76. The van der Waals surface area contributed by atoms with Crippen molar-refractivity contribution < 1.29 is 14.1 Å². The van der Waals surface area contributed by atoms with Gasteiger partial charge in [0.1, 0.15) is 11.3 Å². The van der Waals surface area contributed by atoms with Gasteiger partial charge in [-0.3, -0.25) is 14.9 Å². The third-order valence-corrected chi connectivity index (χ3v) is 5.08. The van der Waals surface area contributed by atoms with Crippen LogP contribution in [0.3, 0.4) is 0 Å². The first-order valence-electron chi connectivity index (χ1n) is 7.78. The van der Waals surface area contributed by atoms with Crippen LogP contribution < -0.4 is 11.1 Å². The van der Waals surface area contributed by atoms with Gasteiger partial charge < -0.3 is 10.3 Å². The number of amides is 2. The molecule has 2 heterocycles. The highest BCUT2D eigenvalue weighted by Gasteiger charge is 2.24. The maximum atomic E-state index is 12.1. The maximum Gasteiger partial charge on any atom is 0.256 e. The predicted octanol–water partition coefficient (Wildman–Crippen LogP) is 3.41. The molecule has 0 aromatic carbocycles. The molecule has 7 heteroatoms. The van der Waals surface area contributed by atoms with Gasteiger partial charge in [0.15, 0.2) is 0 Å². The van der Waals surface area contributed by atoms with E-state index in [1.807, 2.05) is 17.5 Å². The summed E-state index contributed by atoms with van der Waals surface area (Å²) >= 11 is 1.42. The lowest BCUT2D eigenvalue weighted by atomic mass is 10.0. The summed E-state index contributed by atoms with van der Waals surface area (Å²) in [5, 5.41) is 8.39. The van der Waals surface area contributed by atoms with Crippen LogP contribution >= 0.6 is 11.3 Å². The van der Waals surface area contributed by atoms with Gasteiger partial charge in [-0.15, -0.1) is 11.3 Å². The molecule has 0 spiro atoms. The summed E-state index contributed by atoms with van der Waals surface area (Å²) in [6.07, 6.45) is 6.19. The quantitative estimate of drug-likeness (QED) is 0.846. The molecular weight excluding hydrogens is 314 g/mol. The zero-order valence-corrected chi connectivity index (χ0v) is 13.5. The smallest absolute Gasteiger partial charge is 0.256 e. The average molecular weight is 333 g/mol. The molecule has 0 radical (unpaired) electrons. The Morgan fingerprint density at radius 3 is 2.83 bits per heavy atom. The summed E-state index contributed by atoms with van der Waals surface area (Å²) in [6.45, 7) is 0. The Labute approximate surface area is 138 Å². The lowest BCUT2D eigenvalue weighted by Crippen LogP contribution is -2.17. The number of rotatable bonds is 6. The zero-order valence-electron chi connectivity index (χ0n) is 12.7. The van der Waals surface area contributed by atoms with Gasteiger partial charge in [0, 0.05) is 6.42 Å². The van der Waals surface area contributed by atoms with E-state index in [4.69, 9.17) is 10.3 Å². The molecule has 2 amide bonds. The van der Waals surface area contributed by atoms with Crippen molar-refractivity contribution in [3.05, 3.63) is 23.1 Å². The molecule has 1 fully saturated rings. The van der Waals surface area contributed by atoms with Gasteiger partial charge in [-0.25, -0.2) is 0 Å². The Balaban J connectivity index is 1.69. The van der Waals surface area contributed by atoms with E-state index >= 15 is 0 Å². The van der Waals surface area contributed by atoms with Gasteiger partial charge in [-0.05, 0) is 23.8 Å². The minimum Gasteiger partial charge on any atom is -0.365 e. The highest BCUT2D eigenvalue weighted by molar-refractivity contribution is 7.13. The van der Waals surface area contributed by atoms with Crippen LogP contribution in [-0.4, -0.2) is 17.0 Å². The number of nitrogens with zero attached hydrogens (tertiary/aromatic N) is 1. The number of carbonyl (C=O) groups is 2. The minimum absolute atomic E-state index is 0.0392. The fourth-order valence-corrected chi connectivity index (χ4v) is 3.72. The zero-order chi connectivity index (χ0) is 16.2. The van der Waals surface area contributed by atoms with Gasteiger partial charge >= 0.3 is 0 Å². The van der Waals surface area contributed by atoms with Crippen LogP contribution in [0.1, 0.15) is 48.9 Å². The van der Waals surface area contributed by atoms with E-state index < -0.39 is 5.91 Å². The Bertz CT molecular complexity index is 687. The number of thiophene rings is 1. The van der Waals surface area contributed by atoms with Gasteiger partial charge in [-0.1, -0.05) is 36.9 Å². The number of nitrogens with one attached hydrogen (secondary N) is 1. The number of nitrogens with two attached hydrogens (primary N) is 1. The molecule has 3 N–H and O–H groups in total. The van der Waals surface area contributed by atoms with E-state index in [1.165, 1.54) is 37.0 Å². The Hall–Kier alpha value is -2.15. The monoisotopic (exact) mass is 333 g/mol. The average Bonchev–Trinajstić information content (AvgIpc) is 3.25. The molecule has 0 saturated heterocycles. The van der Waals surface area contributed by atoms with Crippen molar-refractivity contribution in [1.29, 1.82) is 0 Å². The van der Waals surface area contributed by atoms with Crippen LogP contribution in [0, 0.1) is 5.92 Å². The van der Waals surface area contributed by atoms with E-state index in [-0.39, 0.29) is 17.4 Å². The molecule has 0 aliphatic heterocycles. The van der Waals surface area contributed by atoms with E-state index in [1.54, 1.807) is 0 Å². The van der Waals surface area contributed by atoms with Crippen LogP contribution in [0.25, 0.3) is 10.6 Å². The van der Waals surface area contributed by atoms with Crippen molar-refractivity contribution in [3.8, 4) is 10.6 Å². The van der Waals surface area contributed by atoms with Crippen molar-refractivity contribution in [1.82, 2.24) is 5.16 Å². The minimum atomic E-state index is -0.666. The first kappa shape index (κ1) is 15.7. The highest BCUT2D eigenvalue weighted by Crippen LogP contribution is 2.32. The number of primary amides is 1. The molecule has 1 saturated carbocycles. The molecular formula is C16H19N3O3S. The third kappa shape index (κ3) is 3.61. The number of hydrogen-bond acceptors (Lipinski definition) is 5. The van der Waals surface area contributed by atoms with E-state index in [0.29, 0.717) is 18.0 Å². The van der Waals surface area contributed by atoms with Crippen LogP contribution in [0.15, 0.2) is 22.0 Å². The summed E-state index contributed by atoms with van der Waals surface area (Å²) < 4.78 is 5.15. The van der Waals surface area contributed by atoms with Gasteiger partial charge in [-0.2, -0.15) is 0 Å². The molecule has 0 bridgehead atoms. The van der Waals surface area contributed by atoms with E-state index in [0.717, 1.165) is 11.3 Å². The summed E-state index contributed by atoms with van der Waals surface area (Å²) in [7, 11) is 0. The lowest BCUT2D eigenvalue weighted by molar-refractivity contribution is -0.116. The summed E-state index contributed by atoms with van der Waals surface area (Å²) in [6, 6.07) is 3.67. The van der Waals surface area contributed by atoms with Crippen LogP contribution in [0.5, 0.6) is 0 Å². The number of aromatic nitrogens is 1. The Kier molecular flexibility index (Phi) is 4.76. The molecule has 1 aliphatic rings. The van der Waals surface area contributed by atoms with Crippen LogP contribution in [-0.2, 0) is 4.79 Å². The molecule has 2 aromatic heterocycles.